The SMILES string of the molecule is CCCn1cc(S(=O)(=O)N(C)c2cccc(O)c2)c(N)n1. The van der Waals surface area contributed by atoms with E-state index in [1.807, 2.05) is 6.92 Å². The standard InChI is InChI=1S/C13H18N4O3S/c1-3-7-17-9-12(13(14)15-17)21(19,20)16(2)10-5-4-6-11(18)8-10/h4-6,8-9,18H,3,7H2,1-2H3,(H2,14,15). The number of hydrogen-bond acceptors (Lipinski definition) is 5. The number of anilines is 2. The fourth-order valence-corrected chi connectivity index (χ4v) is 3.18. The molecule has 21 heavy (non-hydrogen) atoms. The molecule has 0 radical (unpaired) electrons. The zero-order valence-electron chi connectivity index (χ0n) is 11.9. The van der Waals surface area contributed by atoms with Gasteiger partial charge in [-0.15, -0.1) is 0 Å². The normalized spacial score (nSPS) is 11.5. The van der Waals surface area contributed by atoms with E-state index in [0.29, 0.717) is 12.2 Å². The van der Waals surface area contributed by atoms with E-state index in [1.165, 1.54) is 30.1 Å². The van der Waals surface area contributed by atoms with Gasteiger partial charge in [-0.2, -0.15) is 5.10 Å². The van der Waals surface area contributed by atoms with Crippen LogP contribution < -0.4 is 10.0 Å². The lowest BCUT2D eigenvalue weighted by atomic mass is 10.3. The van der Waals surface area contributed by atoms with Crippen LogP contribution in [0.4, 0.5) is 11.5 Å². The third kappa shape index (κ3) is 2.94. The zero-order valence-corrected chi connectivity index (χ0v) is 12.7. The minimum atomic E-state index is -3.82. The molecule has 0 atom stereocenters. The first kappa shape index (κ1) is 15.2. The highest BCUT2D eigenvalue weighted by molar-refractivity contribution is 7.93. The molecule has 0 amide bonds. The Morgan fingerprint density at radius 3 is 2.76 bits per heavy atom. The van der Waals surface area contributed by atoms with E-state index < -0.39 is 10.0 Å². The second kappa shape index (κ2) is 5.65. The van der Waals surface area contributed by atoms with Crippen molar-refractivity contribution in [3.05, 3.63) is 30.5 Å². The van der Waals surface area contributed by atoms with Crippen LogP contribution in [0.5, 0.6) is 5.75 Å². The van der Waals surface area contributed by atoms with Gasteiger partial charge in [-0.05, 0) is 18.6 Å². The monoisotopic (exact) mass is 310 g/mol. The van der Waals surface area contributed by atoms with Gasteiger partial charge in [0.05, 0.1) is 5.69 Å². The van der Waals surface area contributed by atoms with Crippen LogP contribution in [-0.2, 0) is 16.6 Å². The van der Waals surface area contributed by atoms with Gasteiger partial charge in [0.15, 0.2) is 5.82 Å². The molecule has 8 heteroatoms. The number of phenols is 1. The van der Waals surface area contributed by atoms with Crippen LogP contribution in [0.15, 0.2) is 35.4 Å². The predicted molar refractivity (Wildman–Crippen MR) is 80.6 cm³/mol. The molecule has 1 aromatic heterocycles. The number of hydrogen-bond donors (Lipinski definition) is 2. The first-order valence-electron chi connectivity index (χ1n) is 6.47. The van der Waals surface area contributed by atoms with Crippen LogP contribution in [0.2, 0.25) is 0 Å². The van der Waals surface area contributed by atoms with Gasteiger partial charge in [-0.25, -0.2) is 8.42 Å². The molecule has 1 heterocycles. The molecule has 0 fully saturated rings. The van der Waals surface area contributed by atoms with E-state index >= 15 is 0 Å². The number of nitrogens with two attached hydrogens (primary N) is 1. The number of nitrogens with zero attached hydrogens (tertiary/aromatic N) is 3. The third-order valence-electron chi connectivity index (χ3n) is 3.04. The van der Waals surface area contributed by atoms with Crippen LogP contribution in [0.3, 0.4) is 0 Å². The summed E-state index contributed by atoms with van der Waals surface area (Å²) in [5, 5.41) is 13.5. The van der Waals surface area contributed by atoms with E-state index in [-0.39, 0.29) is 16.5 Å². The van der Waals surface area contributed by atoms with Crippen molar-refractivity contribution in [1.29, 1.82) is 0 Å². The molecular formula is C13H18N4O3S. The Hall–Kier alpha value is -2.22. The van der Waals surface area contributed by atoms with Gasteiger partial charge < -0.3 is 10.8 Å². The number of phenolic OH excluding ortho intramolecular Hbond substituents is 1. The molecule has 0 spiro atoms. The van der Waals surface area contributed by atoms with Gasteiger partial charge in [0.2, 0.25) is 0 Å². The number of rotatable bonds is 5. The van der Waals surface area contributed by atoms with E-state index in [9.17, 15) is 13.5 Å². The van der Waals surface area contributed by atoms with Crippen LogP contribution in [0, 0.1) is 0 Å². The maximum atomic E-state index is 12.6. The topological polar surface area (TPSA) is 101 Å². The maximum absolute atomic E-state index is 12.6. The third-order valence-corrected chi connectivity index (χ3v) is 4.84. The molecule has 0 saturated carbocycles. The first-order valence-corrected chi connectivity index (χ1v) is 7.91. The molecule has 7 nitrogen and oxygen atoms in total. The Bertz CT molecular complexity index is 740. The Kier molecular flexibility index (Phi) is 4.08. The maximum Gasteiger partial charge on any atom is 0.269 e. The average molecular weight is 310 g/mol. The van der Waals surface area contributed by atoms with Crippen molar-refractivity contribution in [3.8, 4) is 5.75 Å². The molecule has 0 unspecified atom stereocenters. The van der Waals surface area contributed by atoms with E-state index in [0.717, 1.165) is 10.7 Å². The van der Waals surface area contributed by atoms with E-state index in [4.69, 9.17) is 5.73 Å². The van der Waals surface area contributed by atoms with Gasteiger partial charge in [0.25, 0.3) is 10.0 Å². The molecule has 0 bridgehead atoms. The lowest BCUT2D eigenvalue weighted by Gasteiger charge is -2.18. The quantitative estimate of drug-likeness (QED) is 0.869. The molecule has 2 rings (SSSR count). The molecule has 0 aliphatic rings. The number of nitrogen functional groups attached to an aromatic ring is 1. The molecule has 0 aliphatic carbocycles. The van der Waals surface area contributed by atoms with Crippen molar-refractivity contribution < 1.29 is 13.5 Å². The molecule has 1 aromatic carbocycles. The fourth-order valence-electron chi connectivity index (χ4n) is 1.94. The Labute approximate surface area is 123 Å². The summed E-state index contributed by atoms with van der Waals surface area (Å²) in [6.45, 7) is 2.56. The Morgan fingerprint density at radius 2 is 2.14 bits per heavy atom. The Balaban J connectivity index is 2.42. The molecular weight excluding hydrogens is 292 g/mol. The van der Waals surface area contributed by atoms with Gasteiger partial charge in [0, 0.05) is 25.9 Å². The fraction of sp³-hybridized carbons (Fsp3) is 0.308. The van der Waals surface area contributed by atoms with Crippen LogP contribution in [0.25, 0.3) is 0 Å². The van der Waals surface area contributed by atoms with Crippen LogP contribution in [0.1, 0.15) is 13.3 Å². The van der Waals surface area contributed by atoms with Gasteiger partial charge in [-0.1, -0.05) is 13.0 Å². The second-order valence-corrected chi connectivity index (χ2v) is 6.57. The van der Waals surface area contributed by atoms with Crippen LogP contribution >= 0.6 is 0 Å². The second-order valence-electron chi connectivity index (χ2n) is 4.63. The van der Waals surface area contributed by atoms with Crippen molar-refractivity contribution in [2.75, 3.05) is 17.1 Å². The van der Waals surface area contributed by atoms with Crippen LogP contribution in [-0.4, -0.2) is 30.4 Å². The first-order chi connectivity index (χ1) is 9.86. The predicted octanol–water partition coefficient (Wildman–Crippen LogP) is 1.41. The summed E-state index contributed by atoms with van der Waals surface area (Å²) in [5.41, 5.74) is 6.06. The molecule has 2 aromatic rings. The minimum Gasteiger partial charge on any atom is -0.508 e. The lowest BCUT2D eigenvalue weighted by Crippen LogP contribution is -2.26. The number of aromatic nitrogens is 2. The molecule has 3 N–H and O–H groups in total. The highest BCUT2D eigenvalue weighted by Crippen LogP contribution is 2.27. The summed E-state index contributed by atoms with van der Waals surface area (Å²) in [4.78, 5) is -0.0400. The highest BCUT2D eigenvalue weighted by atomic mass is 32.2. The van der Waals surface area contributed by atoms with E-state index in [1.54, 1.807) is 12.1 Å². The molecule has 114 valence electrons. The highest BCUT2D eigenvalue weighted by Gasteiger charge is 2.26. The summed E-state index contributed by atoms with van der Waals surface area (Å²) >= 11 is 0. The van der Waals surface area contributed by atoms with Crippen molar-refractivity contribution >= 4 is 21.5 Å². The minimum absolute atomic E-state index is 0.01000. The summed E-state index contributed by atoms with van der Waals surface area (Å²) < 4.78 is 27.8. The largest absolute Gasteiger partial charge is 0.508 e. The molecule has 0 saturated heterocycles. The van der Waals surface area contributed by atoms with Gasteiger partial charge in [0.1, 0.15) is 10.6 Å². The van der Waals surface area contributed by atoms with E-state index in [2.05, 4.69) is 5.10 Å². The molecule has 0 aliphatic heterocycles. The van der Waals surface area contributed by atoms with Gasteiger partial charge in [-0.3, -0.25) is 8.99 Å². The number of aryl methyl sites for hydroxylation is 1. The Morgan fingerprint density at radius 1 is 1.43 bits per heavy atom. The van der Waals surface area contributed by atoms with Gasteiger partial charge >= 0.3 is 0 Å². The number of aromatic hydroxyl groups is 1. The lowest BCUT2D eigenvalue weighted by molar-refractivity contribution is 0.475. The summed E-state index contributed by atoms with van der Waals surface area (Å²) in [7, 11) is -2.42. The number of sulfonamides is 1. The zero-order chi connectivity index (χ0) is 15.6. The summed E-state index contributed by atoms with van der Waals surface area (Å²) in [5.74, 6) is -0.0420. The number of benzene rings is 1. The smallest absolute Gasteiger partial charge is 0.269 e. The van der Waals surface area contributed by atoms with Crippen molar-refractivity contribution in [1.82, 2.24) is 9.78 Å². The summed E-state index contributed by atoms with van der Waals surface area (Å²) in [6.07, 6.45) is 2.25. The van der Waals surface area contributed by atoms with Crippen molar-refractivity contribution in [3.63, 3.8) is 0 Å². The summed E-state index contributed by atoms with van der Waals surface area (Å²) in [6, 6.07) is 5.99. The average Bonchev–Trinajstić information content (AvgIpc) is 2.80. The van der Waals surface area contributed by atoms with Crippen molar-refractivity contribution in [2.45, 2.75) is 24.8 Å². The van der Waals surface area contributed by atoms with Crippen molar-refractivity contribution in [2.24, 2.45) is 0 Å².